The predicted octanol–water partition coefficient (Wildman–Crippen LogP) is 1.47. The van der Waals surface area contributed by atoms with Crippen molar-refractivity contribution >= 4 is 11.7 Å². The second kappa shape index (κ2) is 4.60. The van der Waals surface area contributed by atoms with Crippen LogP contribution in [0, 0.1) is 24.7 Å². The van der Waals surface area contributed by atoms with E-state index in [9.17, 15) is 4.79 Å². The third-order valence-electron chi connectivity index (χ3n) is 4.01. The lowest BCUT2D eigenvalue weighted by molar-refractivity contribution is 0.581. The van der Waals surface area contributed by atoms with Gasteiger partial charge >= 0.3 is 0 Å². The maximum Gasteiger partial charge on any atom is 0.274 e. The molecule has 0 saturated heterocycles. The molecule has 0 amide bonds. The molecule has 0 unspecified atom stereocenters. The molecular weight excluding hydrogens is 242 g/mol. The summed E-state index contributed by atoms with van der Waals surface area (Å²) < 4.78 is 0. The first-order chi connectivity index (χ1) is 9.13. The van der Waals surface area contributed by atoms with Crippen molar-refractivity contribution in [1.29, 1.82) is 0 Å². The quantitative estimate of drug-likeness (QED) is 0.489. The highest BCUT2D eigenvalue weighted by Gasteiger charge is 2.37. The van der Waals surface area contributed by atoms with E-state index in [-0.39, 0.29) is 11.5 Å². The summed E-state index contributed by atoms with van der Waals surface area (Å²) in [7, 11) is 0. The Bertz CT molecular complexity index is 603. The molecule has 2 bridgehead atoms. The van der Waals surface area contributed by atoms with Crippen molar-refractivity contribution in [3.63, 3.8) is 0 Å². The summed E-state index contributed by atoms with van der Waals surface area (Å²) in [4.78, 5) is 14.0. The third kappa shape index (κ3) is 2.30. The Morgan fingerprint density at radius 1 is 1.42 bits per heavy atom. The standard InChI is InChI=1S/C13H17N5O/c1-7(11-6-9-3-4-10(11)5-9)15-17-13-14-12(19)8(2)16-18-13/h3-4,9-11H,5-6H2,1-2H3,(H2,14,17,18,19)/t9-,10-,11-/m0/s1. The van der Waals surface area contributed by atoms with Gasteiger partial charge < -0.3 is 0 Å². The molecular formula is C13H17N5O. The van der Waals surface area contributed by atoms with Gasteiger partial charge in [-0.15, -0.1) is 10.2 Å². The molecule has 0 radical (unpaired) electrons. The Labute approximate surface area is 111 Å². The summed E-state index contributed by atoms with van der Waals surface area (Å²) in [6, 6.07) is 0. The first-order valence-electron chi connectivity index (χ1n) is 6.55. The smallest absolute Gasteiger partial charge is 0.274 e. The van der Waals surface area contributed by atoms with Gasteiger partial charge in [-0.2, -0.15) is 5.10 Å². The molecule has 0 spiro atoms. The predicted molar refractivity (Wildman–Crippen MR) is 73.0 cm³/mol. The van der Waals surface area contributed by atoms with Crippen LogP contribution in [0.2, 0.25) is 0 Å². The van der Waals surface area contributed by atoms with Crippen molar-refractivity contribution in [2.75, 3.05) is 5.43 Å². The van der Waals surface area contributed by atoms with Crippen LogP contribution in [-0.4, -0.2) is 20.9 Å². The minimum absolute atomic E-state index is 0.242. The van der Waals surface area contributed by atoms with E-state index >= 15 is 0 Å². The number of hydrogen-bond donors (Lipinski definition) is 2. The van der Waals surface area contributed by atoms with Crippen LogP contribution in [0.4, 0.5) is 5.95 Å². The number of nitrogens with zero attached hydrogens (tertiary/aromatic N) is 3. The average molecular weight is 259 g/mol. The molecule has 1 aromatic heterocycles. The van der Waals surface area contributed by atoms with Crippen molar-refractivity contribution in [2.45, 2.75) is 26.7 Å². The maximum absolute atomic E-state index is 11.4. The van der Waals surface area contributed by atoms with Crippen LogP contribution < -0.4 is 11.0 Å². The second-order valence-electron chi connectivity index (χ2n) is 5.34. The van der Waals surface area contributed by atoms with Crippen molar-refractivity contribution in [3.05, 3.63) is 28.2 Å². The van der Waals surface area contributed by atoms with Gasteiger partial charge in [-0.25, -0.2) is 5.43 Å². The molecule has 1 fully saturated rings. The van der Waals surface area contributed by atoms with Gasteiger partial charge in [0.05, 0.1) is 0 Å². The van der Waals surface area contributed by atoms with Crippen molar-refractivity contribution in [2.24, 2.45) is 22.9 Å². The van der Waals surface area contributed by atoms with Crippen LogP contribution in [0.1, 0.15) is 25.5 Å². The molecule has 6 heteroatoms. The lowest BCUT2D eigenvalue weighted by Gasteiger charge is -2.17. The summed E-state index contributed by atoms with van der Waals surface area (Å²) in [5.41, 5.74) is 3.95. The minimum Gasteiger partial charge on any atom is -0.288 e. The molecule has 1 saturated carbocycles. The van der Waals surface area contributed by atoms with Crippen LogP contribution in [0.15, 0.2) is 22.0 Å². The van der Waals surface area contributed by atoms with E-state index in [0.717, 1.165) is 11.6 Å². The van der Waals surface area contributed by atoms with Crippen LogP contribution >= 0.6 is 0 Å². The van der Waals surface area contributed by atoms with E-state index in [2.05, 4.69) is 37.9 Å². The van der Waals surface area contributed by atoms with Gasteiger partial charge in [0.25, 0.3) is 5.56 Å². The van der Waals surface area contributed by atoms with Crippen LogP contribution in [0.25, 0.3) is 0 Å². The van der Waals surface area contributed by atoms with Gasteiger partial charge in [0.1, 0.15) is 5.69 Å². The highest BCUT2D eigenvalue weighted by molar-refractivity contribution is 5.86. The number of nitrogens with one attached hydrogen (secondary N) is 2. The molecule has 0 aliphatic heterocycles. The number of aryl methyl sites for hydroxylation is 1. The number of rotatable bonds is 3. The topological polar surface area (TPSA) is 83.0 Å². The minimum atomic E-state index is -0.242. The van der Waals surface area contributed by atoms with Gasteiger partial charge in [0.15, 0.2) is 0 Å². The molecule has 2 aliphatic rings. The monoisotopic (exact) mass is 259 g/mol. The van der Waals surface area contributed by atoms with Gasteiger partial charge in [-0.3, -0.25) is 9.78 Å². The number of aromatic amines is 1. The molecule has 3 atom stereocenters. The number of aromatic nitrogens is 3. The van der Waals surface area contributed by atoms with Crippen LogP contribution in [0.5, 0.6) is 0 Å². The Kier molecular flexibility index (Phi) is 2.93. The fourth-order valence-electron chi connectivity index (χ4n) is 2.93. The zero-order valence-corrected chi connectivity index (χ0v) is 11.1. The maximum atomic E-state index is 11.4. The molecule has 0 aromatic carbocycles. The van der Waals surface area contributed by atoms with Crippen molar-refractivity contribution < 1.29 is 0 Å². The van der Waals surface area contributed by atoms with Crippen molar-refractivity contribution in [3.8, 4) is 0 Å². The Balaban J connectivity index is 1.70. The summed E-state index contributed by atoms with van der Waals surface area (Å²) in [5.74, 6) is 2.14. The van der Waals surface area contributed by atoms with E-state index in [1.165, 1.54) is 12.8 Å². The lowest BCUT2D eigenvalue weighted by Crippen LogP contribution is -2.19. The molecule has 1 aromatic rings. The summed E-state index contributed by atoms with van der Waals surface area (Å²) in [6.45, 7) is 3.64. The molecule has 6 nitrogen and oxygen atoms in total. The number of hydrazone groups is 1. The second-order valence-corrected chi connectivity index (χ2v) is 5.34. The molecule has 100 valence electrons. The summed E-state index contributed by atoms with van der Waals surface area (Å²) >= 11 is 0. The van der Waals surface area contributed by atoms with Crippen molar-refractivity contribution in [1.82, 2.24) is 15.2 Å². The molecule has 3 rings (SSSR count). The Hall–Kier alpha value is -1.98. The SMILES string of the molecule is CC(=NNc1nnc(C)c(=O)[nH]1)[C@@H]1C[C@H]2C=C[C@H]1C2. The van der Waals surface area contributed by atoms with E-state index in [0.29, 0.717) is 17.5 Å². The molecule has 2 aliphatic carbocycles. The van der Waals surface area contributed by atoms with Gasteiger partial charge in [-0.05, 0) is 38.5 Å². The fourth-order valence-corrected chi connectivity index (χ4v) is 2.93. The number of H-pyrrole nitrogens is 1. The normalized spacial score (nSPS) is 28.9. The zero-order chi connectivity index (χ0) is 13.4. The first-order valence-corrected chi connectivity index (χ1v) is 6.55. The van der Waals surface area contributed by atoms with Gasteiger partial charge in [0, 0.05) is 11.6 Å². The number of anilines is 1. The number of fused-ring (bicyclic) bond motifs is 2. The van der Waals surface area contributed by atoms with Gasteiger partial charge in [0.2, 0.25) is 5.95 Å². The Morgan fingerprint density at radius 2 is 2.26 bits per heavy atom. The van der Waals surface area contributed by atoms with Crippen LogP contribution in [-0.2, 0) is 0 Å². The highest BCUT2D eigenvalue weighted by Crippen LogP contribution is 2.43. The van der Waals surface area contributed by atoms with E-state index in [1.807, 2.05) is 6.92 Å². The first kappa shape index (κ1) is 12.1. The number of hydrogen-bond acceptors (Lipinski definition) is 5. The fraction of sp³-hybridized carbons (Fsp3) is 0.538. The highest BCUT2D eigenvalue weighted by atomic mass is 16.1. The number of allylic oxidation sites excluding steroid dienone is 2. The van der Waals surface area contributed by atoms with Crippen LogP contribution in [0.3, 0.4) is 0 Å². The van der Waals surface area contributed by atoms with E-state index in [1.54, 1.807) is 6.92 Å². The Morgan fingerprint density at radius 3 is 2.89 bits per heavy atom. The average Bonchev–Trinajstić information content (AvgIpc) is 3.02. The zero-order valence-electron chi connectivity index (χ0n) is 11.1. The molecule has 19 heavy (non-hydrogen) atoms. The van der Waals surface area contributed by atoms with E-state index < -0.39 is 0 Å². The van der Waals surface area contributed by atoms with E-state index in [4.69, 9.17) is 0 Å². The molecule has 1 heterocycles. The largest absolute Gasteiger partial charge is 0.288 e. The third-order valence-corrected chi connectivity index (χ3v) is 4.01. The molecule has 2 N–H and O–H groups in total. The summed E-state index contributed by atoms with van der Waals surface area (Å²) in [5, 5.41) is 11.9. The van der Waals surface area contributed by atoms with Gasteiger partial charge in [-0.1, -0.05) is 12.2 Å². The summed E-state index contributed by atoms with van der Waals surface area (Å²) in [6.07, 6.45) is 7.03. The lowest BCUT2D eigenvalue weighted by atomic mass is 9.90.